The van der Waals surface area contributed by atoms with Gasteiger partial charge >= 0.3 is 0 Å². The minimum absolute atomic E-state index is 0.372. The maximum absolute atomic E-state index is 8.59. The topological polar surface area (TPSA) is 32.3 Å². The van der Waals surface area contributed by atoms with Crippen molar-refractivity contribution in [2.45, 2.75) is 77.6 Å². The summed E-state index contributed by atoms with van der Waals surface area (Å²) < 4.78 is 0. The molecule has 0 heterocycles. The molecule has 2 heteroatoms. The molecule has 2 N–H and O–H groups in total. The third-order valence-corrected chi connectivity index (χ3v) is 2.76. The molecule has 17 heavy (non-hydrogen) atoms. The SMILES string of the molecule is CCCCCCCCCCCCCO.CNC. The molecule has 0 saturated heterocycles. The van der Waals surface area contributed by atoms with E-state index in [1.165, 1.54) is 64.2 Å². The molecule has 106 valence electrons. The smallest absolute Gasteiger partial charge is 0.0431 e. The molecule has 0 atom stereocenters. The average molecular weight is 245 g/mol. The highest BCUT2D eigenvalue weighted by Crippen LogP contribution is 2.10. The lowest BCUT2D eigenvalue weighted by Gasteiger charge is -2.01. The van der Waals surface area contributed by atoms with Gasteiger partial charge in [-0.2, -0.15) is 0 Å². The molecule has 0 aliphatic carbocycles. The van der Waals surface area contributed by atoms with Gasteiger partial charge in [0.25, 0.3) is 0 Å². The normalized spacial score (nSPS) is 9.88. The number of nitrogens with one attached hydrogen (secondary N) is 1. The van der Waals surface area contributed by atoms with Gasteiger partial charge in [0.15, 0.2) is 0 Å². The first-order valence-electron chi connectivity index (χ1n) is 7.52. The fourth-order valence-corrected chi connectivity index (χ4v) is 1.78. The van der Waals surface area contributed by atoms with Crippen LogP contribution in [0.2, 0.25) is 0 Å². The highest BCUT2D eigenvalue weighted by molar-refractivity contribution is 4.47. The van der Waals surface area contributed by atoms with E-state index in [4.69, 9.17) is 5.11 Å². The van der Waals surface area contributed by atoms with Crippen LogP contribution in [-0.2, 0) is 0 Å². The summed E-state index contributed by atoms with van der Waals surface area (Å²) in [6.07, 6.45) is 14.8. The first-order valence-corrected chi connectivity index (χ1v) is 7.52. The molecular weight excluding hydrogens is 210 g/mol. The van der Waals surface area contributed by atoms with E-state index in [1.807, 2.05) is 14.1 Å². The average Bonchev–Trinajstić information content (AvgIpc) is 2.33. The van der Waals surface area contributed by atoms with Crippen molar-refractivity contribution >= 4 is 0 Å². The van der Waals surface area contributed by atoms with E-state index in [9.17, 15) is 0 Å². The van der Waals surface area contributed by atoms with Crippen molar-refractivity contribution in [1.29, 1.82) is 0 Å². The Bertz CT molecular complexity index is 95.1. The van der Waals surface area contributed by atoms with Crippen molar-refractivity contribution in [2.75, 3.05) is 20.7 Å². The molecule has 2 nitrogen and oxygen atoms in total. The zero-order valence-corrected chi connectivity index (χ0v) is 12.4. The van der Waals surface area contributed by atoms with Gasteiger partial charge in [-0.15, -0.1) is 0 Å². The van der Waals surface area contributed by atoms with Gasteiger partial charge in [0.05, 0.1) is 0 Å². The van der Waals surface area contributed by atoms with E-state index in [1.54, 1.807) is 0 Å². The van der Waals surface area contributed by atoms with Crippen molar-refractivity contribution in [1.82, 2.24) is 5.32 Å². The van der Waals surface area contributed by atoms with Crippen LogP contribution in [0.3, 0.4) is 0 Å². The third-order valence-electron chi connectivity index (χ3n) is 2.76. The second kappa shape index (κ2) is 21.2. The van der Waals surface area contributed by atoms with Crippen LogP contribution in [0, 0.1) is 0 Å². The summed E-state index contributed by atoms with van der Waals surface area (Å²) in [6, 6.07) is 0. The maximum Gasteiger partial charge on any atom is 0.0431 e. The van der Waals surface area contributed by atoms with Crippen molar-refractivity contribution in [3.05, 3.63) is 0 Å². The van der Waals surface area contributed by atoms with Gasteiger partial charge in [-0.25, -0.2) is 0 Å². The van der Waals surface area contributed by atoms with Gasteiger partial charge in [0.1, 0.15) is 0 Å². The molecule has 0 radical (unpaired) electrons. The van der Waals surface area contributed by atoms with Gasteiger partial charge in [0.2, 0.25) is 0 Å². The second-order valence-electron chi connectivity index (χ2n) is 4.76. The third kappa shape index (κ3) is 25.9. The highest BCUT2D eigenvalue weighted by Gasteiger charge is 1.91. The minimum atomic E-state index is 0.372. The van der Waals surface area contributed by atoms with Crippen LogP contribution in [0.1, 0.15) is 77.6 Å². The van der Waals surface area contributed by atoms with Crippen molar-refractivity contribution in [3.63, 3.8) is 0 Å². The number of aliphatic hydroxyl groups excluding tert-OH is 1. The predicted molar refractivity (Wildman–Crippen MR) is 78.5 cm³/mol. The highest BCUT2D eigenvalue weighted by atomic mass is 16.2. The van der Waals surface area contributed by atoms with Crippen LogP contribution in [0.4, 0.5) is 0 Å². The molecule has 0 saturated carbocycles. The molecule has 0 aromatic rings. The van der Waals surface area contributed by atoms with Crippen molar-refractivity contribution < 1.29 is 5.11 Å². The molecule has 0 bridgehead atoms. The fraction of sp³-hybridized carbons (Fsp3) is 1.00. The molecular formula is C15H35NO. The molecule has 0 fully saturated rings. The Morgan fingerprint density at radius 3 is 1.24 bits per heavy atom. The van der Waals surface area contributed by atoms with Gasteiger partial charge in [-0.3, -0.25) is 0 Å². The minimum Gasteiger partial charge on any atom is -0.396 e. The van der Waals surface area contributed by atoms with E-state index in [-0.39, 0.29) is 0 Å². The van der Waals surface area contributed by atoms with E-state index < -0.39 is 0 Å². The van der Waals surface area contributed by atoms with Crippen LogP contribution in [0.25, 0.3) is 0 Å². The number of aliphatic hydroxyl groups is 1. The number of hydrogen-bond acceptors (Lipinski definition) is 2. The largest absolute Gasteiger partial charge is 0.396 e. The predicted octanol–water partition coefficient (Wildman–Crippen LogP) is 4.13. The monoisotopic (exact) mass is 245 g/mol. The van der Waals surface area contributed by atoms with Crippen LogP contribution < -0.4 is 5.32 Å². The lowest BCUT2D eigenvalue weighted by molar-refractivity contribution is 0.282. The number of rotatable bonds is 11. The molecule has 0 aliphatic heterocycles. The Hall–Kier alpha value is -0.0800. The molecule has 0 rings (SSSR count). The van der Waals surface area contributed by atoms with Gasteiger partial charge < -0.3 is 10.4 Å². The first kappa shape index (κ1) is 19.3. The van der Waals surface area contributed by atoms with Crippen molar-refractivity contribution in [2.24, 2.45) is 0 Å². The van der Waals surface area contributed by atoms with E-state index >= 15 is 0 Å². The summed E-state index contributed by atoms with van der Waals surface area (Å²) in [6.45, 7) is 2.64. The standard InChI is InChI=1S/C13H28O.C2H7N/c1-2-3-4-5-6-7-8-9-10-11-12-13-14;1-3-2/h14H,2-13H2,1H3;3H,1-2H3. The summed E-state index contributed by atoms with van der Waals surface area (Å²) in [5.41, 5.74) is 0. The molecule has 0 amide bonds. The number of hydrogen-bond donors (Lipinski definition) is 2. The van der Waals surface area contributed by atoms with Gasteiger partial charge in [-0.1, -0.05) is 71.1 Å². The van der Waals surface area contributed by atoms with Gasteiger partial charge in [0, 0.05) is 6.61 Å². The Balaban J connectivity index is 0. The first-order chi connectivity index (χ1) is 8.33. The Morgan fingerprint density at radius 2 is 0.941 bits per heavy atom. The van der Waals surface area contributed by atoms with Crippen LogP contribution >= 0.6 is 0 Å². The maximum atomic E-state index is 8.59. The van der Waals surface area contributed by atoms with E-state index in [2.05, 4.69) is 12.2 Å². The summed E-state index contributed by atoms with van der Waals surface area (Å²) in [4.78, 5) is 0. The zero-order chi connectivity index (χ0) is 13.2. The molecule has 0 aliphatic rings. The quantitative estimate of drug-likeness (QED) is 0.537. The molecule has 0 unspecified atom stereocenters. The summed E-state index contributed by atoms with van der Waals surface area (Å²) in [5, 5.41) is 11.3. The summed E-state index contributed by atoms with van der Waals surface area (Å²) in [7, 11) is 3.75. The fourth-order valence-electron chi connectivity index (χ4n) is 1.78. The molecule has 0 aromatic carbocycles. The van der Waals surface area contributed by atoms with Gasteiger partial charge in [-0.05, 0) is 20.5 Å². The molecule has 0 aromatic heterocycles. The van der Waals surface area contributed by atoms with E-state index in [0.717, 1.165) is 6.42 Å². The lowest BCUT2D eigenvalue weighted by Crippen LogP contribution is -1.89. The zero-order valence-electron chi connectivity index (χ0n) is 12.4. The molecule has 0 spiro atoms. The van der Waals surface area contributed by atoms with Crippen LogP contribution in [-0.4, -0.2) is 25.8 Å². The summed E-state index contributed by atoms with van der Waals surface area (Å²) >= 11 is 0. The van der Waals surface area contributed by atoms with E-state index in [0.29, 0.717) is 6.61 Å². The lowest BCUT2D eigenvalue weighted by atomic mass is 10.1. The number of unbranched alkanes of at least 4 members (excludes halogenated alkanes) is 10. The Labute approximate surface area is 109 Å². The van der Waals surface area contributed by atoms with Crippen LogP contribution in [0.15, 0.2) is 0 Å². The Morgan fingerprint density at radius 1 is 0.647 bits per heavy atom. The second-order valence-corrected chi connectivity index (χ2v) is 4.76. The van der Waals surface area contributed by atoms with Crippen LogP contribution in [0.5, 0.6) is 0 Å². The van der Waals surface area contributed by atoms with Crippen molar-refractivity contribution in [3.8, 4) is 0 Å². The Kier molecular flexibility index (Phi) is 24.1. The summed E-state index contributed by atoms with van der Waals surface area (Å²) in [5.74, 6) is 0.